The molecule has 0 unspecified atom stereocenters. The molecule has 1 aromatic carbocycles. The summed E-state index contributed by atoms with van der Waals surface area (Å²) >= 11 is 2.68. The van der Waals surface area contributed by atoms with Gasteiger partial charge in [0.1, 0.15) is 4.88 Å². The van der Waals surface area contributed by atoms with Crippen LogP contribution in [0, 0.1) is 0 Å². The minimum absolute atomic E-state index is 0.149. The summed E-state index contributed by atoms with van der Waals surface area (Å²) in [6, 6.07) is 13.2. The summed E-state index contributed by atoms with van der Waals surface area (Å²) in [5.41, 5.74) is 2.55. The Balaban J connectivity index is 1.63. The van der Waals surface area contributed by atoms with Crippen LogP contribution in [0.1, 0.15) is 36.2 Å². The van der Waals surface area contributed by atoms with Crippen LogP contribution < -0.4 is 5.32 Å². The molecule has 0 radical (unpaired) electrons. The van der Waals surface area contributed by atoms with Gasteiger partial charge >= 0.3 is 5.97 Å². The Morgan fingerprint density at radius 3 is 2.56 bits per heavy atom. The number of fused-ring (bicyclic) bond motifs is 1. The van der Waals surface area contributed by atoms with E-state index in [4.69, 9.17) is 0 Å². The highest BCUT2D eigenvalue weighted by Crippen LogP contribution is 2.36. The lowest BCUT2D eigenvalue weighted by Crippen LogP contribution is -2.12. The lowest BCUT2D eigenvalue weighted by Gasteiger charge is -2.02. The van der Waals surface area contributed by atoms with Crippen molar-refractivity contribution in [3.63, 3.8) is 0 Å². The molecule has 2 aromatic heterocycles. The van der Waals surface area contributed by atoms with Crippen LogP contribution in [0.25, 0.3) is 10.4 Å². The number of nitrogens with one attached hydrogen (secondary N) is 1. The number of hydrogen-bond acceptors (Lipinski definition) is 4. The van der Waals surface area contributed by atoms with Gasteiger partial charge in [0, 0.05) is 9.75 Å². The van der Waals surface area contributed by atoms with Gasteiger partial charge in [0.25, 0.3) is 5.91 Å². The second kappa shape index (κ2) is 6.46. The molecule has 6 heteroatoms. The van der Waals surface area contributed by atoms with Gasteiger partial charge in [-0.15, -0.1) is 22.7 Å². The van der Waals surface area contributed by atoms with Gasteiger partial charge in [0.2, 0.25) is 0 Å². The Morgan fingerprint density at radius 1 is 1.04 bits per heavy atom. The minimum atomic E-state index is -1.03. The summed E-state index contributed by atoms with van der Waals surface area (Å²) in [7, 11) is 0. The van der Waals surface area contributed by atoms with Gasteiger partial charge in [-0.05, 0) is 42.5 Å². The number of thiophene rings is 2. The van der Waals surface area contributed by atoms with Gasteiger partial charge in [0.05, 0.1) is 10.6 Å². The zero-order chi connectivity index (χ0) is 17.4. The van der Waals surface area contributed by atoms with E-state index in [-0.39, 0.29) is 10.8 Å². The summed E-state index contributed by atoms with van der Waals surface area (Å²) in [5.74, 6) is -1.27. The molecule has 2 N–H and O–H groups in total. The SMILES string of the molecule is O=C(Nc1cc(-c2ccccc2)sc1C(=O)O)c1cc2c(s1)CCC2. The third-order valence-electron chi connectivity index (χ3n) is 4.20. The first kappa shape index (κ1) is 16.1. The summed E-state index contributed by atoms with van der Waals surface area (Å²) < 4.78 is 0. The van der Waals surface area contributed by atoms with E-state index in [1.807, 2.05) is 36.4 Å². The molecule has 0 spiro atoms. The highest BCUT2D eigenvalue weighted by atomic mass is 32.1. The van der Waals surface area contributed by atoms with Gasteiger partial charge in [-0.1, -0.05) is 30.3 Å². The number of carbonyl (C=O) groups excluding carboxylic acids is 1. The van der Waals surface area contributed by atoms with Crippen molar-refractivity contribution in [2.75, 3.05) is 5.32 Å². The number of anilines is 1. The maximum absolute atomic E-state index is 12.6. The molecule has 4 nitrogen and oxygen atoms in total. The van der Waals surface area contributed by atoms with Gasteiger partial charge in [0.15, 0.2) is 0 Å². The van der Waals surface area contributed by atoms with Crippen molar-refractivity contribution in [3.05, 3.63) is 62.7 Å². The first-order valence-electron chi connectivity index (χ1n) is 7.97. The average molecular weight is 369 g/mol. The number of amides is 1. The van der Waals surface area contributed by atoms with Crippen molar-refractivity contribution >= 4 is 40.2 Å². The molecule has 0 saturated carbocycles. The highest BCUT2D eigenvalue weighted by molar-refractivity contribution is 7.18. The molecular weight excluding hydrogens is 354 g/mol. The van der Waals surface area contributed by atoms with E-state index in [1.54, 1.807) is 6.07 Å². The highest BCUT2D eigenvalue weighted by Gasteiger charge is 2.22. The molecule has 0 fully saturated rings. The van der Waals surface area contributed by atoms with Crippen molar-refractivity contribution < 1.29 is 14.7 Å². The van der Waals surface area contributed by atoms with Crippen LogP contribution in [0.4, 0.5) is 5.69 Å². The molecule has 3 aromatic rings. The maximum atomic E-state index is 12.6. The fourth-order valence-corrected chi connectivity index (χ4v) is 5.12. The lowest BCUT2D eigenvalue weighted by atomic mass is 10.2. The van der Waals surface area contributed by atoms with Gasteiger partial charge in [-0.3, -0.25) is 4.79 Å². The van der Waals surface area contributed by atoms with Crippen LogP contribution in [-0.4, -0.2) is 17.0 Å². The fourth-order valence-electron chi connectivity index (χ4n) is 3.01. The Kier molecular flexibility index (Phi) is 4.15. The molecule has 126 valence electrons. The maximum Gasteiger partial charge on any atom is 0.348 e. The van der Waals surface area contributed by atoms with Crippen molar-refractivity contribution in [3.8, 4) is 10.4 Å². The van der Waals surface area contributed by atoms with Crippen molar-refractivity contribution in [2.24, 2.45) is 0 Å². The van der Waals surface area contributed by atoms with Crippen LogP contribution in [0.15, 0.2) is 42.5 Å². The first-order valence-corrected chi connectivity index (χ1v) is 9.60. The first-order chi connectivity index (χ1) is 12.1. The van der Waals surface area contributed by atoms with Crippen LogP contribution in [-0.2, 0) is 12.8 Å². The number of carboxylic acid groups (broad SMARTS) is 1. The average Bonchev–Trinajstić information content (AvgIpc) is 3.29. The van der Waals surface area contributed by atoms with Crippen LogP contribution in [0.2, 0.25) is 0 Å². The van der Waals surface area contributed by atoms with E-state index in [0.29, 0.717) is 10.6 Å². The van der Waals surface area contributed by atoms with Crippen LogP contribution in [0.5, 0.6) is 0 Å². The Morgan fingerprint density at radius 2 is 1.84 bits per heavy atom. The number of rotatable bonds is 4. The Bertz CT molecular complexity index is 935. The van der Waals surface area contributed by atoms with Crippen LogP contribution in [0.3, 0.4) is 0 Å². The number of benzene rings is 1. The predicted octanol–water partition coefficient (Wildman–Crippen LogP) is 4.92. The van der Waals surface area contributed by atoms with E-state index < -0.39 is 5.97 Å². The van der Waals surface area contributed by atoms with E-state index >= 15 is 0 Å². The normalized spacial score (nSPS) is 12.8. The van der Waals surface area contributed by atoms with Crippen molar-refractivity contribution in [1.29, 1.82) is 0 Å². The third-order valence-corrected chi connectivity index (χ3v) is 6.61. The topological polar surface area (TPSA) is 66.4 Å². The monoisotopic (exact) mass is 369 g/mol. The third kappa shape index (κ3) is 3.10. The molecule has 1 amide bonds. The van der Waals surface area contributed by atoms with E-state index in [1.165, 1.54) is 33.1 Å². The fraction of sp³-hybridized carbons (Fsp3) is 0.158. The Labute approximate surface area is 152 Å². The zero-order valence-corrected chi connectivity index (χ0v) is 14.9. The number of aryl methyl sites for hydroxylation is 2. The second-order valence-electron chi connectivity index (χ2n) is 5.89. The van der Waals surface area contributed by atoms with Crippen molar-refractivity contribution in [1.82, 2.24) is 0 Å². The molecule has 0 bridgehead atoms. The molecular formula is C19H15NO3S2. The summed E-state index contributed by atoms with van der Waals surface area (Å²) in [5, 5.41) is 12.3. The quantitative estimate of drug-likeness (QED) is 0.686. The summed E-state index contributed by atoms with van der Waals surface area (Å²) in [6.45, 7) is 0. The van der Waals surface area contributed by atoms with E-state index in [2.05, 4.69) is 5.32 Å². The number of aromatic carboxylic acids is 1. The van der Waals surface area contributed by atoms with Gasteiger partial charge in [-0.2, -0.15) is 0 Å². The van der Waals surface area contributed by atoms with Gasteiger partial charge in [-0.25, -0.2) is 4.79 Å². The predicted molar refractivity (Wildman–Crippen MR) is 101 cm³/mol. The smallest absolute Gasteiger partial charge is 0.348 e. The van der Waals surface area contributed by atoms with Crippen LogP contribution >= 0.6 is 22.7 Å². The molecule has 2 heterocycles. The molecule has 1 aliphatic carbocycles. The number of carboxylic acids is 1. The summed E-state index contributed by atoms with van der Waals surface area (Å²) in [4.78, 5) is 27.0. The molecule has 1 aliphatic rings. The second-order valence-corrected chi connectivity index (χ2v) is 8.08. The Hall–Kier alpha value is -2.44. The lowest BCUT2D eigenvalue weighted by molar-refractivity contribution is 0.0703. The van der Waals surface area contributed by atoms with Crippen molar-refractivity contribution in [2.45, 2.75) is 19.3 Å². The molecule has 4 rings (SSSR count). The molecule has 25 heavy (non-hydrogen) atoms. The number of carbonyl (C=O) groups is 2. The standard InChI is InChI=1S/C19H15NO3S2/c21-18(16-9-12-7-4-8-14(12)24-16)20-13-10-15(25-17(13)19(22)23)11-5-2-1-3-6-11/h1-3,5-6,9-10H,4,7-8H2,(H,20,21)(H,22,23). The molecule has 0 atom stereocenters. The largest absolute Gasteiger partial charge is 0.477 e. The molecule has 0 aliphatic heterocycles. The summed E-state index contributed by atoms with van der Waals surface area (Å²) in [6.07, 6.45) is 3.21. The van der Waals surface area contributed by atoms with E-state index in [9.17, 15) is 14.7 Å². The van der Waals surface area contributed by atoms with E-state index in [0.717, 1.165) is 29.7 Å². The molecule has 0 saturated heterocycles. The minimum Gasteiger partial charge on any atom is -0.477 e. The zero-order valence-electron chi connectivity index (χ0n) is 13.2. The van der Waals surface area contributed by atoms with Gasteiger partial charge < -0.3 is 10.4 Å². The number of hydrogen-bond donors (Lipinski definition) is 2.